The molecule has 0 amide bonds. The molecule has 0 aliphatic carbocycles. The molecule has 8 aromatic rings. The van der Waals surface area contributed by atoms with Gasteiger partial charge in [0.25, 0.3) is 0 Å². The van der Waals surface area contributed by atoms with Crippen molar-refractivity contribution in [3.05, 3.63) is 145 Å². The second-order valence-electron chi connectivity index (χ2n) is 15.0. The second kappa shape index (κ2) is 13.9. The van der Waals surface area contributed by atoms with Crippen LogP contribution >= 0.6 is 23.2 Å². The number of halogens is 2. The zero-order chi connectivity index (χ0) is 37.0. The van der Waals surface area contributed by atoms with Gasteiger partial charge in [0, 0.05) is 22.5 Å². The number of rotatable bonds is 12. The standard InChI is InChI=1S/C48H42Cl2N2O3/c49-29-9-7-27-47(33-15-3-1-4-16-33)31-53-41-25-11-19-35-43-37(51(47)45(35)41)21-13-23-39(43)55-40-24-14-22-38-44(40)36-20-12-26-42-46(36)52(38)48(32-54-42,28-8-10-30-50)34-17-5-2-6-18-34/h1-6,11-26H,7-10,27-32H2. The highest BCUT2D eigenvalue weighted by Gasteiger charge is 2.43. The quantitative estimate of drug-likeness (QED) is 0.0918. The number of hydrogen-bond donors (Lipinski definition) is 0. The van der Waals surface area contributed by atoms with E-state index in [0.29, 0.717) is 25.0 Å². The summed E-state index contributed by atoms with van der Waals surface area (Å²) in [5.74, 6) is 4.69. The average molecular weight is 766 g/mol. The van der Waals surface area contributed by atoms with Crippen LogP contribution in [0.2, 0.25) is 0 Å². The average Bonchev–Trinajstić information content (AvgIpc) is 3.78. The maximum atomic E-state index is 7.26. The summed E-state index contributed by atoms with van der Waals surface area (Å²) in [4.78, 5) is 0. The monoisotopic (exact) mass is 764 g/mol. The molecule has 276 valence electrons. The van der Waals surface area contributed by atoms with Crippen LogP contribution < -0.4 is 14.2 Å². The van der Waals surface area contributed by atoms with Gasteiger partial charge in [-0.2, -0.15) is 0 Å². The smallest absolute Gasteiger partial charge is 0.143 e. The van der Waals surface area contributed by atoms with Gasteiger partial charge in [0.15, 0.2) is 0 Å². The lowest BCUT2D eigenvalue weighted by Gasteiger charge is -2.40. The van der Waals surface area contributed by atoms with Crippen LogP contribution in [0.25, 0.3) is 43.6 Å². The summed E-state index contributed by atoms with van der Waals surface area (Å²) in [6, 6.07) is 47.4. The molecule has 2 aromatic heterocycles. The number of para-hydroxylation sites is 2. The van der Waals surface area contributed by atoms with Crippen molar-refractivity contribution < 1.29 is 14.2 Å². The number of fused-ring (bicyclic) bond motifs is 6. The Morgan fingerprint density at radius 1 is 0.491 bits per heavy atom. The second-order valence-corrected chi connectivity index (χ2v) is 15.8. The van der Waals surface area contributed by atoms with Gasteiger partial charge in [-0.3, -0.25) is 0 Å². The third-order valence-electron chi connectivity index (χ3n) is 12.1. The number of ether oxygens (including phenoxy) is 3. The maximum Gasteiger partial charge on any atom is 0.143 e. The lowest BCUT2D eigenvalue weighted by atomic mass is 9.84. The van der Waals surface area contributed by atoms with Gasteiger partial charge < -0.3 is 23.3 Å². The SMILES string of the molecule is ClCCCCC1(c2ccccc2)COc2cccc3c4c(Oc5cccc6c5c5cccc7c5n6C(CCCCCl)(c5ccccc5)CO7)cccc4n1c23. The fourth-order valence-corrected chi connectivity index (χ4v) is 10.0. The van der Waals surface area contributed by atoms with Gasteiger partial charge in [-0.05, 0) is 86.1 Å². The van der Waals surface area contributed by atoms with Crippen molar-refractivity contribution >= 4 is 66.8 Å². The predicted molar refractivity (Wildman–Crippen MR) is 226 cm³/mol. The van der Waals surface area contributed by atoms with Crippen LogP contribution in [0.4, 0.5) is 0 Å². The predicted octanol–water partition coefficient (Wildman–Crippen LogP) is 12.8. The van der Waals surface area contributed by atoms with E-state index < -0.39 is 11.1 Å². The summed E-state index contributed by atoms with van der Waals surface area (Å²) in [7, 11) is 0. The lowest BCUT2D eigenvalue weighted by Crippen LogP contribution is -2.43. The van der Waals surface area contributed by atoms with E-state index in [4.69, 9.17) is 37.4 Å². The van der Waals surface area contributed by atoms with E-state index in [9.17, 15) is 0 Å². The molecular weight excluding hydrogens is 723 g/mol. The number of unbranched alkanes of at least 4 members (excludes halogenated alkanes) is 2. The Balaban J connectivity index is 1.19. The number of nitrogens with zero attached hydrogens (tertiary/aromatic N) is 2. The highest BCUT2D eigenvalue weighted by molar-refractivity contribution is 6.18. The van der Waals surface area contributed by atoms with Crippen molar-refractivity contribution in [2.75, 3.05) is 25.0 Å². The van der Waals surface area contributed by atoms with Crippen LogP contribution in [0.15, 0.2) is 133 Å². The first-order valence-corrected chi connectivity index (χ1v) is 20.6. The van der Waals surface area contributed by atoms with Gasteiger partial charge in [0.1, 0.15) is 47.3 Å². The van der Waals surface area contributed by atoms with E-state index in [1.807, 2.05) is 0 Å². The van der Waals surface area contributed by atoms with Crippen LogP contribution in [0.5, 0.6) is 23.0 Å². The third-order valence-corrected chi connectivity index (χ3v) is 12.6. The van der Waals surface area contributed by atoms with E-state index >= 15 is 0 Å². The molecule has 2 atom stereocenters. The summed E-state index contributed by atoms with van der Waals surface area (Å²) in [6.45, 7) is 1.08. The molecule has 0 spiro atoms. The van der Waals surface area contributed by atoms with Crippen LogP contribution in [0.3, 0.4) is 0 Å². The highest BCUT2D eigenvalue weighted by Crippen LogP contribution is 2.52. The fourth-order valence-electron chi connectivity index (χ4n) is 9.64. The van der Waals surface area contributed by atoms with Crippen molar-refractivity contribution in [3.63, 3.8) is 0 Å². The Bertz CT molecular complexity index is 2500. The minimum Gasteiger partial charge on any atom is -0.489 e. The molecule has 4 heterocycles. The minimum atomic E-state index is -0.413. The summed E-state index contributed by atoms with van der Waals surface area (Å²) in [6.07, 6.45) is 5.65. The van der Waals surface area contributed by atoms with Gasteiger partial charge in [-0.15, -0.1) is 23.2 Å². The van der Waals surface area contributed by atoms with Crippen LogP contribution in [-0.4, -0.2) is 34.1 Å². The van der Waals surface area contributed by atoms with E-state index in [0.717, 1.165) is 105 Å². The van der Waals surface area contributed by atoms with Crippen LogP contribution in [0.1, 0.15) is 49.7 Å². The minimum absolute atomic E-state index is 0.413. The molecule has 0 bridgehead atoms. The molecule has 0 fully saturated rings. The zero-order valence-electron chi connectivity index (χ0n) is 30.6. The Kier molecular flexibility index (Phi) is 8.68. The Morgan fingerprint density at radius 3 is 1.36 bits per heavy atom. The Hall–Kier alpha value is -5.10. The molecule has 2 unspecified atom stereocenters. The molecule has 5 nitrogen and oxygen atoms in total. The molecule has 2 aliphatic rings. The van der Waals surface area contributed by atoms with Crippen molar-refractivity contribution in [2.45, 2.75) is 49.6 Å². The molecule has 55 heavy (non-hydrogen) atoms. The van der Waals surface area contributed by atoms with E-state index in [2.05, 4.69) is 143 Å². The van der Waals surface area contributed by atoms with Crippen molar-refractivity contribution in [2.24, 2.45) is 0 Å². The Labute approximate surface area is 330 Å². The first kappa shape index (κ1) is 34.4. The Morgan fingerprint density at radius 2 is 0.927 bits per heavy atom. The number of alkyl halides is 2. The van der Waals surface area contributed by atoms with E-state index in [1.165, 1.54) is 11.1 Å². The first-order valence-electron chi connectivity index (χ1n) is 19.5. The molecule has 2 aliphatic heterocycles. The molecular formula is C48H42Cl2N2O3. The van der Waals surface area contributed by atoms with Gasteiger partial charge in [0.05, 0.1) is 32.8 Å². The zero-order valence-corrected chi connectivity index (χ0v) is 32.2. The van der Waals surface area contributed by atoms with Crippen molar-refractivity contribution in [1.29, 1.82) is 0 Å². The molecule has 6 aromatic carbocycles. The van der Waals surface area contributed by atoms with Gasteiger partial charge >= 0.3 is 0 Å². The molecule has 0 N–H and O–H groups in total. The number of hydrogen-bond acceptors (Lipinski definition) is 3. The summed E-state index contributed by atoms with van der Waals surface area (Å²) >= 11 is 12.5. The molecule has 7 heteroatoms. The third kappa shape index (κ3) is 5.27. The fraction of sp³-hybridized carbons (Fsp3) is 0.250. The first-order chi connectivity index (χ1) is 27.2. The molecule has 0 saturated carbocycles. The summed E-state index contributed by atoms with van der Waals surface area (Å²) in [5, 5.41) is 4.39. The summed E-state index contributed by atoms with van der Waals surface area (Å²) in [5.41, 5.74) is 6.10. The van der Waals surface area contributed by atoms with Gasteiger partial charge in [0.2, 0.25) is 0 Å². The van der Waals surface area contributed by atoms with Crippen molar-refractivity contribution in [1.82, 2.24) is 9.13 Å². The summed E-state index contributed by atoms with van der Waals surface area (Å²) < 4.78 is 25.7. The van der Waals surface area contributed by atoms with E-state index in [1.54, 1.807) is 0 Å². The maximum absolute atomic E-state index is 7.26. The molecule has 0 saturated heterocycles. The van der Waals surface area contributed by atoms with E-state index in [-0.39, 0.29) is 0 Å². The lowest BCUT2D eigenvalue weighted by molar-refractivity contribution is 0.165. The topological polar surface area (TPSA) is 37.6 Å². The van der Waals surface area contributed by atoms with Crippen molar-refractivity contribution in [3.8, 4) is 23.0 Å². The van der Waals surface area contributed by atoms with Gasteiger partial charge in [-0.1, -0.05) is 97.1 Å². The number of benzene rings is 6. The van der Waals surface area contributed by atoms with Crippen LogP contribution in [0, 0.1) is 0 Å². The molecule has 10 rings (SSSR count). The highest BCUT2D eigenvalue weighted by atomic mass is 35.5. The number of aromatic nitrogens is 2. The molecule has 0 radical (unpaired) electrons. The normalized spacial score (nSPS) is 18.9. The largest absolute Gasteiger partial charge is 0.489 e. The van der Waals surface area contributed by atoms with Crippen LogP contribution in [-0.2, 0) is 11.1 Å². The van der Waals surface area contributed by atoms with Gasteiger partial charge in [-0.25, -0.2) is 0 Å².